The summed E-state index contributed by atoms with van der Waals surface area (Å²) < 4.78 is 14.4. The molecular formula is C15H9BrFN3. The third-order valence-corrected chi connectivity index (χ3v) is 3.44. The summed E-state index contributed by atoms with van der Waals surface area (Å²) in [5.74, 6) is -0.440. The van der Waals surface area contributed by atoms with Crippen LogP contribution in [0.25, 0.3) is 0 Å². The molecule has 0 aliphatic rings. The van der Waals surface area contributed by atoms with E-state index in [-0.39, 0.29) is 12.1 Å². The Labute approximate surface area is 124 Å². The Morgan fingerprint density at radius 2 is 1.95 bits per heavy atom. The highest BCUT2D eigenvalue weighted by atomic mass is 79.9. The van der Waals surface area contributed by atoms with E-state index in [1.54, 1.807) is 30.3 Å². The van der Waals surface area contributed by atoms with Gasteiger partial charge < -0.3 is 5.32 Å². The van der Waals surface area contributed by atoms with Gasteiger partial charge in [-0.25, -0.2) is 4.39 Å². The number of nitrogens with zero attached hydrogens (tertiary/aromatic N) is 2. The number of benzene rings is 2. The van der Waals surface area contributed by atoms with Crippen molar-refractivity contribution in [2.24, 2.45) is 0 Å². The third-order valence-electron chi connectivity index (χ3n) is 2.78. The monoisotopic (exact) mass is 329 g/mol. The van der Waals surface area contributed by atoms with Crippen LogP contribution in [0.3, 0.4) is 0 Å². The van der Waals surface area contributed by atoms with Crippen molar-refractivity contribution < 1.29 is 4.39 Å². The molecule has 3 nitrogen and oxygen atoms in total. The third kappa shape index (κ3) is 2.96. The van der Waals surface area contributed by atoms with Crippen molar-refractivity contribution in [2.45, 2.75) is 6.54 Å². The standard InChI is InChI=1S/C15H9BrFN3/c16-13-2-1-3-15(12(13)8-19)20-9-11-5-4-10(7-18)6-14(11)17/h1-6,20H,9H2. The summed E-state index contributed by atoms with van der Waals surface area (Å²) in [6.45, 7) is 0.239. The highest BCUT2D eigenvalue weighted by Gasteiger charge is 2.07. The lowest BCUT2D eigenvalue weighted by molar-refractivity contribution is 0.612. The topological polar surface area (TPSA) is 59.6 Å². The van der Waals surface area contributed by atoms with Gasteiger partial charge in [-0.2, -0.15) is 10.5 Å². The summed E-state index contributed by atoms with van der Waals surface area (Å²) in [5, 5.41) is 20.8. The first kappa shape index (κ1) is 14.0. The van der Waals surface area contributed by atoms with Gasteiger partial charge in [0.1, 0.15) is 11.9 Å². The SMILES string of the molecule is N#Cc1ccc(CNc2cccc(Br)c2C#N)c(F)c1. The highest BCUT2D eigenvalue weighted by Crippen LogP contribution is 2.24. The number of nitriles is 2. The molecular weight excluding hydrogens is 321 g/mol. The second-order valence-electron chi connectivity index (χ2n) is 4.05. The maximum absolute atomic E-state index is 13.7. The number of halogens is 2. The molecule has 0 aliphatic heterocycles. The second-order valence-corrected chi connectivity index (χ2v) is 4.90. The molecule has 0 bridgehead atoms. The first-order valence-corrected chi connectivity index (χ1v) is 6.56. The van der Waals surface area contributed by atoms with Gasteiger partial charge in [0.25, 0.3) is 0 Å². The molecule has 1 N–H and O–H groups in total. The van der Waals surface area contributed by atoms with E-state index in [9.17, 15) is 4.39 Å². The molecule has 98 valence electrons. The van der Waals surface area contributed by atoms with E-state index in [0.29, 0.717) is 21.3 Å². The van der Waals surface area contributed by atoms with E-state index in [2.05, 4.69) is 27.3 Å². The van der Waals surface area contributed by atoms with Crippen molar-refractivity contribution >= 4 is 21.6 Å². The molecule has 0 amide bonds. The Kier molecular flexibility index (Phi) is 4.34. The van der Waals surface area contributed by atoms with E-state index < -0.39 is 5.82 Å². The smallest absolute Gasteiger partial charge is 0.129 e. The Hall–Kier alpha value is -2.37. The van der Waals surface area contributed by atoms with Crippen LogP contribution in [0.5, 0.6) is 0 Å². The lowest BCUT2D eigenvalue weighted by atomic mass is 10.1. The summed E-state index contributed by atoms with van der Waals surface area (Å²) in [4.78, 5) is 0. The van der Waals surface area contributed by atoms with Crippen molar-refractivity contribution in [2.75, 3.05) is 5.32 Å². The Morgan fingerprint density at radius 3 is 2.60 bits per heavy atom. The number of hydrogen-bond acceptors (Lipinski definition) is 3. The molecule has 0 saturated heterocycles. The Bertz CT molecular complexity index is 729. The van der Waals surface area contributed by atoms with Gasteiger partial charge in [-0.05, 0) is 40.2 Å². The molecule has 0 unspecified atom stereocenters. The Balaban J connectivity index is 2.20. The summed E-state index contributed by atoms with van der Waals surface area (Å²) in [6.07, 6.45) is 0. The van der Waals surface area contributed by atoms with Crippen molar-refractivity contribution in [1.82, 2.24) is 0 Å². The first-order valence-electron chi connectivity index (χ1n) is 5.76. The molecule has 0 saturated carbocycles. The van der Waals surface area contributed by atoms with Crippen LogP contribution in [0.15, 0.2) is 40.9 Å². The molecule has 0 aromatic heterocycles. The van der Waals surface area contributed by atoms with Gasteiger partial charge in [-0.3, -0.25) is 0 Å². The zero-order valence-electron chi connectivity index (χ0n) is 10.3. The van der Waals surface area contributed by atoms with Crippen LogP contribution < -0.4 is 5.32 Å². The van der Waals surface area contributed by atoms with Gasteiger partial charge in [-0.1, -0.05) is 12.1 Å². The predicted octanol–water partition coefficient (Wildman–Crippen LogP) is 3.94. The molecule has 0 heterocycles. The minimum atomic E-state index is -0.440. The van der Waals surface area contributed by atoms with Crippen molar-refractivity contribution in [3.05, 3.63) is 63.4 Å². The molecule has 2 rings (SSSR count). The fourth-order valence-electron chi connectivity index (χ4n) is 1.74. The fourth-order valence-corrected chi connectivity index (χ4v) is 2.19. The predicted molar refractivity (Wildman–Crippen MR) is 77.3 cm³/mol. The number of anilines is 1. The maximum atomic E-state index is 13.7. The molecule has 2 aromatic rings. The van der Waals surface area contributed by atoms with Crippen LogP contribution in [0, 0.1) is 28.5 Å². The molecule has 0 aliphatic carbocycles. The quantitative estimate of drug-likeness (QED) is 0.927. The van der Waals surface area contributed by atoms with E-state index >= 15 is 0 Å². The van der Waals surface area contributed by atoms with Gasteiger partial charge in [0.15, 0.2) is 0 Å². The fraction of sp³-hybridized carbons (Fsp3) is 0.0667. The van der Waals surface area contributed by atoms with Crippen molar-refractivity contribution in [3.63, 3.8) is 0 Å². The molecule has 0 atom stereocenters. The van der Waals surface area contributed by atoms with E-state index in [1.807, 2.05) is 6.07 Å². The zero-order chi connectivity index (χ0) is 14.5. The van der Waals surface area contributed by atoms with Gasteiger partial charge in [0.2, 0.25) is 0 Å². The molecule has 2 aromatic carbocycles. The molecule has 20 heavy (non-hydrogen) atoms. The first-order chi connectivity index (χ1) is 9.65. The largest absolute Gasteiger partial charge is 0.380 e. The van der Waals surface area contributed by atoms with Gasteiger partial charge in [0, 0.05) is 16.6 Å². The average molecular weight is 330 g/mol. The van der Waals surface area contributed by atoms with Crippen LogP contribution >= 0.6 is 15.9 Å². The summed E-state index contributed by atoms with van der Waals surface area (Å²) in [7, 11) is 0. The van der Waals surface area contributed by atoms with Gasteiger partial charge in [0.05, 0.1) is 22.9 Å². The summed E-state index contributed by atoms with van der Waals surface area (Å²) >= 11 is 3.29. The lowest BCUT2D eigenvalue weighted by Gasteiger charge is -2.10. The van der Waals surface area contributed by atoms with Crippen LogP contribution in [0.4, 0.5) is 10.1 Å². The van der Waals surface area contributed by atoms with Crippen LogP contribution in [0.2, 0.25) is 0 Å². The maximum Gasteiger partial charge on any atom is 0.129 e. The van der Waals surface area contributed by atoms with E-state index in [0.717, 1.165) is 0 Å². The molecule has 0 fully saturated rings. The summed E-state index contributed by atoms with van der Waals surface area (Å²) in [6, 6.07) is 13.6. The second kappa shape index (κ2) is 6.18. The molecule has 5 heteroatoms. The van der Waals surface area contributed by atoms with Crippen LogP contribution in [-0.2, 0) is 6.54 Å². The highest BCUT2D eigenvalue weighted by molar-refractivity contribution is 9.10. The van der Waals surface area contributed by atoms with Crippen LogP contribution in [-0.4, -0.2) is 0 Å². The van der Waals surface area contributed by atoms with Gasteiger partial charge in [-0.15, -0.1) is 0 Å². The van der Waals surface area contributed by atoms with E-state index in [1.165, 1.54) is 6.07 Å². The van der Waals surface area contributed by atoms with Crippen molar-refractivity contribution in [3.8, 4) is 12.1 Å². The number of hydrogen-bond donors (Lipinski definition) is 1. The van der Waals surface area contributed by atoms with Gasteiger partial charge >= 0.3 is 0 Å². The zero-order valence-corrected chi connectivity index (χ0v) is 11.9. The summed E-state index contributed by atoms with van der Waals surface area (Å²) in [5.41, 5.74) is 1.83. The number of nitrogens with one attached hydrogen (secondary N) is 1. The van der Waals surface area contributed by atoms with Crippen molar-refractivity contribution in [1.29, 1.82) is 10.5 Å². The lowest BCUT2D eigenvalue weighted by Crippen LogP contribution is -2.03. The minimum absolute atomic E-state index is 0.239. The molecule has 0 spiro atoms. The van der Waals surface area contributed by atoms with Crippen LogP contribution in [0.1, 0.15) is 16.7 Å². The number of rotatable bonds is 3. The normalized spacial score (nSPS) is 9.60. The molecule has 0 radical (unpaired) electrons. The average Bonchev–Trinajstić information content (AvgIpc) is 2.46. The Morgan fingerprint density at radius 1 is 1.15 bits per heavy atom. The minimum Gasteiger partial charge on any atom is -0.380 e. The van der Waals surface area contributed by atoms with E-state index in [4.69, 9.17) is 10.5 Å².